The average molecular weight is 331 g/mol. The van der Waals surface area contributed by atoms with Crippen LogP contribution in [0.3, 0.4) is 0 Å². The number of hydrogen-bond acceptors (Lipinski definition) is 2. The van der Waals surface area contributed by atoms with Crippen LogP contribution < -0.4 is 5.32 Å². The SMILES string of the molecule is C[C@@]12CCC[C@H]1[C@@H]1CCC3=CC(=O)C(NC(=O)O)C[C@]3(C)[C@@H]1CC2. The summed E-state index contributed by atoms with van der Waals surface area (Å²) in [7, 11) is 0. The van der Waals surface area contributed by atoms with Crippen molar-refractivity contribution in [3.05, 3.63) is 11.6 Å². The van der Waals surface area contributed by atoms with E-state index in [0.717, 1.165) is 18.3 Å². The molecule has 4 rings (SSSR count). The van der Waals surface area contributed by atoms with Gasteiger partial charge in [-0.25, -0.2) is 4.79 Å². The van der Waals surface area contributed by atoms with Gasteiger partial charge in [0.1, 0.15) is 0 Å². The highest BCUT2D eigenvalue weighted by Gasteiger charge is 2.57. The van der Waals surface area contributed by atoms with Gasteiger partial charge in [0.2, 0.25) is 0 Å². The van der Waals surface area contributed by atoms with Crippen molar-refractivity contribution in [1.82, 2.24) is 5.32 Å². The standard InChI is InChI=1S/C20H29NO3/c1-19-8-3-4-14(19)13-6-5-12-10-17(22)16(21-18(23)24)11-20(12,2)15(13)7-9-19/h10,13-16,21H,3-9,11H2,1-2H3,(H,23,24)/t13-,14-,15+,16?,19-,20-/m0/s1. The van der Waals surface area contributed by atoms with E-state index in [-0.39, 0.29) is 11.2 Å². The number of fused-ring (bicyclic) bond motifs is 5. The molecule has 24 heavy (non-hydrogen) atoms. The van der Waals surface area contributed by atoms with Gasteiger partial charge in [0, 0.05) is 0 Å². The van der Waals surface area contributed by atoms with E-state index in [2.05, 4.69) is 19.2 Å². The Morgan fingerprint density at radius 3 is 2.75 bits per heavy atom. The lowest BCUT2D eigenvalue weighted by Crippen LogP contribution is -2.54. The van der Waals surface area contributed by atoms with E-state index in [1.807, 2.05) is 0 Å². The molecule has 0 aromatic rings. The van der Waals surface area contributed by atoms with E-state index < -0.39 is 12.1 Å². The zero-order chi connectivity index (χ0) is 17.1. The molecule has 3 saturated carbocycles. The van der Waals surface area contributed by atoms with Crippen LogP contribution in [0.1, 0.15) is 65.2 Å². The molecule has 3 fully saturated rings. The van der Waals surface area contributed by atoms with Gasteiger partial charge in [-0.2, -0.15) is 0 Å². The van der Waals surface area contributed by atoms with Gasteiger partial charge in [-0.05, 0) is 79.6 Å². The lowest BCUT2D eigenvalue weighted by Gasteiger charge is -2.58. The monoisotopic (exact) mass is 331 g/mol. The Hall–Kier alpha value is -1.32. The number of carboxylic acid groups (broad SMARTS) is 1. The van der Waals surface area contributed by atoms with E-state index >= 15 is 0 Å². The molecule has 0 heterocycles. The Kier molecular flexibility index (Phi) is 3.59. The quantitative estimate of drug-likeness (QED) is 0.758. The zero-order valence-electron chi connectivity index (χ0n) is 14.8. The third kappa shape index (κ3) is 2.25. The number of hydrogen-bond donors (Lipinski definition) is 2. The summed E-state index contributed by atoms with van der Waals surface area (Å²) in [5.41, 5.74) is 1.81. The first-order valence-electron chi connectivity index (χ1n) is 9.58. The van der Waals surface area contributed by atoms with E-state index in [0.29, 0.717) is 17.8 Å². The smallest absolute Gasteiger partial charge is 0.405 e. The maximum Gasteiger partial charge on any atom is 0.405 e. The molecule has 2 N–H and O–H groups in total. The molecule has 6 atom stereocenters. The molecule has 4 aliphatic rings. The summed E-state index contributed by atoms with van der Waals surface area (Å²) in [6, 6.07) is -0.563. The second-order valence-corrected chi connectivity index (χ2v) is 9.20. The first kappa shape index (κ1) is 16.2. The van der Waals surface area contributed by atoms with Gasteiger partial charge in [0.25, 0.3) is 0 Å². The summed E-state index contributed by atoms with van der Waals surface area (Å²) >= 11 is 0. The van der Waals surface area contributed by atoms with Crippen molar-refractivity contribution in [2.24, 2.45) is 28.6 Å². The van der Waals surface area contributed by atoms with Crippen molar-refractivity contribution in [3.63, 3.8) is 0 Å². The number of rotatable bonds is 1. The topological polar surface area (TPSA) is 66.4 Å². The predicted molar refractivity (Wildman–Crippen MR) is 91.7 cm³/mol. The average Bonchev–Trinajstić information content (AvgIpc) is 2.90. The maximum absolute atomic E-state index is 12.3. The van der Waals surface area contributed by atoms with Gasteiger partial charge >= 0.3 is 6.09 Å². The third-order valence-electron chi connectivity index (χ3n) is 8.10. The highest BCUT2D eigenvalue weighted by molar-refractivity contribution is 5.97. The van der Waals surface area contributed by atoms with Crippen molar-refractivity contribution >= 4 is 11.9 Å². The Bertz CT molecular complexity index is 612. The molecular weight excluding hydrogens is 302 g/mol. The zero-order valence-corrected chi connectivity index (χ0v) is 14.8. The van der Waals surface area contributed by atoms with Crippen LogP contribution in [0.4, 0.5) is 4.79 Å². The molecule has 4 aliphatic carbocycles. The highest BCUT2D eigenvalue weighted by Crippen LogP contribution is 2.65. The lowest BCUT2D eigenvalue weighted by molar-refractivity contribution is -0.119. The summed E-state index contributed by atoms with van der Waals surface area (Å²) in [6.45, 7) is 4.80. The second kappa shape index (κ2) is 5.34. The fourth-order valence-corrected chi connectivity index (χ4v) is 6.91. The second-order valence-electron chi connectivity index (χ2n) is 9.20. The van der Waals surface area contributed by atoms with Crippen molar-refractivity contribution in [1.29, 1.82) is 0 Å². The van der Waals surface area contributed by atoms with Gasteiger partial charge in [0.15, 0.2) is 5.78 Å². The van der Waals surface area contributed by atoms with Gasteiger partial charge in [-0.3, -0.25) is 4.79 Å². The number of nitrogens with one attached hydrogen (secondary N) is 1. The molecular formula is C20H29NO3. The lowest BCUT2D eigenvalue weighted by atomic mass is 9.47. The number of carbonyl (C=O) groups excluding carboxylic acids is 1. The molecule has 4 nitrogen and oxygen atoms in total. The number of amides is 1. The highest BCUT2D eigenvalue weighted by atomic mass is 16.4. The molecule has 0 radical (unpaired) electrons. The van der Waals surface area contributed by atoms with Gasteiger partial charge < -0.3 is 10.4 Å². The molecule has 132 valence electrons. The first-order valence-corrected chi connectivity index (χ1v) is 9.58. The fourth-order valence-electron chi connectivity index (χ4n) is 6.91. The minimum atomic E-state index is -1.09. The molecule has 4 heteroatoms. The molecule has 0 aromatic heterocycles. The molecule has 0 aliphatic heterocycles. The largest absolute Gasteiger partial charge is 0.465 e. The Morgan fingerprint density at radius 1 is 1.21 bits per heavy atom. The number of carbonyl (C=O) groups is 2. The number of ketones is 1. The van der Waals surface area contributed by atoms with Crippen molar-refractivity contribution in [2.45, 2.75) is 71.3 Å². The molecule has 0 spiro atoms. The van der Waals surface area contributed by atoms with Crippen molar-refractivity contribution < 1.29 is 14.7 Å². The van der Waals surface area contributed by atoms with Crippen LogP contribution in [0.15, 0.2) is 11.6 Å². The Balaban J connectivity index is 1.65. The van der Waals surface area contributed by atoms with E-state index in [9.17, 15) is 9.59 Å². The number of allylic oxidation sites excluding steroid dienone is 1. The minimum absolute atomic E-state index is 0.00609. The van der Waals surface area contributed by atoms with Crippen LogP contribution >= 0.6 is 0 Å². The van der Waals surface area contributed by atoms with Gasteiger partial charge in [-0.15, -0.1) is 0 Å². The van der Waals surface area contributed by atoms with Crippen LogP contribution in [0.2, 0.25) is 0 Å². The molecule has 1 amide bonds. The van der Waals surface area contributed by atoms with Crippen LogP contribution in [0.5, 0.6) is 0 Å². The molecule has 0 saturated heterocycles. The normalized spacial score (nSPS) is 47.2. The summed E-state index contributed by atoms with van der Waals surface area (Å²) in [5.74, 6) is 2.15. The van der Waals surface area contributed by atoms with E-state index in [1.165, 1.54) is 44.1 Å². The van der Waals surface area contributed by atoms with E-state index in [4.69, 9.17) is 5.11 Å². The Labute approximate surface area is 144 Å². The maximum atomic E-state index is 12.3. The predicted octanol–water partition coefficient (Wildman–Crippen LogP) is 4.15. The Morgan fingerprint density at radius 2 is 2.00 bits per heavy atom. The minimum Gasteiger partial charge on any atom is -0.465 e. The van der Waals surface area contributed by atoms with Crippen molar-refractivity contribution in [3.8, 4) is 0 Å². The summed E-state index contributed by atoms with van der Waals surface area (Å²) in [6.07, 6.45) is 10.2. The van der Waals surface area contributed by atoms with E-state index in [1.54, 1.807) is 6.08 Å². The van der Waals surface area contributed by atoms with Crippen molar-refractivity contribution in [2.75, 3.05) is 0 Å². The third-order valence-corrected chi connectivity index (χ3v) is 8.10. The molecule has 1 unspecified atom stereocenters. The van der Waals surface area contributed by atoms with Crippen LogP contribution in [-0.4, -0.2) is 23.0 Å². The summed E-state index contributed by atoms with van der Waals surface area (Å²) in [5, 5.41) is 11.5. The molecule has 0 bridgehead atoms. The van der Waals surface area contributed by atoms with Crippen LogP contribution in [0, 0.1) is 28.6 Å². The van der Waals surface area contributed by atoms with Gasteiger partial charge in [0.05, 0.1) is 6.04 Å². The van der Waals surface area contributed by atoms with Gasteiger partial charge in [-0.1, -0.05) is 25.8 Å². The summed E-state index contributed by atoms with van der Waals surface area (Å²) in [4.78, 5) is 23.4. The van der Waals surface area contributed by atoms with Crippen LogP contribution in [-0.2, 0) is 4.79 Å². The van der Waals surface area contributed by atoms with Crippen LogP contribution in [0.25, 0.3) is 0 Å². The summed E-state index contributed by atoms with van der Waals surface area (Å²) < 4.78 is 0. The molecule has 0 aromatic carbocycles. The first-order chi connectivity index (χ1) is 11.3. The fraction of sp³-hybridized carbons (Fsp3) is 0.800.